The molecular formula is C14H9N4O+. The van der Waals surface area contributed by atoms with Crippen LogP contribution in [0.2, 0.25) is 0 Å². The lowest BCUT2D eigenvalue weighted by Gasteiger charge is -1.90. The van der Waals surface area contributed by atoms with Crippen molar-refractivity contribution >= 4 is 16.9 Å². The lowest BCUT2D eigenvalue weighted by atomic mass is 10.2. The highest BCUT2D eigenvalue weighted by atomic mass is 16.4. The molecule has 0 fully saturated rings. The lowest BCUT2D eigenvalue weighted by molar-refractivity contribution is -0.652. The molecule has 0 radical (unpaired) electrons. The summed E-state index contributed by atoms with van der Waals surface area (Å²) in [6, 6.07) is 7.88. The Morgan fingerprint density at radius 3 is 3.16 bits per heavy atom. The number of oxazole rings is 1. The van der Waals surface area contributed by atoms with Crippen molar-refractivity contribution in [3.05, 3.63) is 48.5 Å². The van der Waals surface area contributed by atoms with E-state index >= 15 is 0 Å². The second kappa shape index (κ2) is 3.00. The number of hydrogen-bond acceptors (Lipinski definition) is 3. The van der Waals surface area contributed by atoms with Crippen LogP contribution in [-0.4, -0.2) is 14.4 Å². The standard InChI is InChI=1S/C14H9N4O/c1-3-9-10(15-4-1)8-18-13-11(19-14(9)18)7-12-16-5-2-6-17(12)13/h1-7H,8H2/q+1. The van der Waals surface area contributed by atoms with Crippen molar-refractivity contribution in [3.63, 3.8) is 0 Å². The quantitative estimate of drug-likeness (QED) is 0.393. The summed E-state index contributed by atoms with van der Waals surface area (Å²) in [6.45, 7) is 0.750. The molecule has 0 aliphatic carbocycles. The van der Waals surface area contributed by atoms with Crippen LogP contribution in [0, 0.1) is 0 Å². The van der Waals surface area contributed by atoms with Gasteiger partial charge in [-0.1, -0.05) is 0 Å². The summed E-state index contributed by atoms with van der Waals surface area (Å²) < 4.78 is 10.2. The molecule has 0 saturated heterocycles. The molecule has 90 valence electrons. The second-order valence-corrected chi connectivity index (χ2v) is 4.67. The average Bonchev–Trinajstić information content (AvgIpc) is 3.05. The molecule has 5 heteroatoms. The normalized spacial score (nSPS) is 13.1. The van der Waals surface area contributed by atoms with Gasteiger partial charge in [-0.2, -0.15) is 8.97 Å². The molecule has 5 heterocycles. The maximum Gasteiger partial charge on any atom is 0.335 e. The Kier molecular flexibility index (Phi) is 1.46. The molecular weight excluding hydrogens is 240 g/mol. The summed E-state index contributed by atoms with van der Waals surface area (Å²) in [7, 11) is 0. The second-order valence-electron chi connectivity index (χ2n) is 4.67. The molecule has 0 atom stereocenters. The maximum atomic E-state index is 5.98. The third kappa shape index (κ3) is 1.03. The van der Waals surface area contributed by atoms with Gasteiger partial charge in [-0.15, -0.1) is 0 Å². The molecule has 4 aromatic rings. The van der Waals surface area contributed by atoms with Gasteiger partial charge in [0.15, 0.2) is 0 Å². The van der Waals surface area contributed by atoms with Gasteiger partial charge in [0.05, 0.1) is 23.5 Å². The zero-order chi connectivity index (χ0) is 12.4. The van der Waals surface area contributed by atoms with Crippen LogP contribution in [0.4, 0.5) is 0 Å². The predicted octanol–water partition coefficient (Wildman–Crippen LogP) is 1.79. The van der Waals surface area contributed by atoms with Gasteiger partial charge in [0.2, 0.25) is 11.2 Å². The number of rotatable bonds is 0. The molecule has 1 aliphatic rings. The first-order valence-corrected chi connectivity index (χ1v) is 6.14. The van der Waals surface area contributed by atoms with E-state index in [0.717, 1.165) is 40.6 Å². The fourth-order valence-electron chi connectivity index (χ4n) is 2.82. The Morgan fingerprint density at radius 1 is 1.21 bits per heavy atom. The van der Waals surface area contributed by atoms with Crippen LogP contribution < -0.4 is 4.57 Å². The van der Waals surface area contributed by atoms with Gasteiger partial charge in [0, 0.05) is 12.4 Å². The Balaban J connectivity index is 1.94. The third-order valence-corrected chi connectivity index (χ3v) is 3.62. The zero-order valence-electron chi connectivity index (χ0n) is 9.95. The van der Waals surface area contributed by atoms with Gasteiger partial charge in [-0.25, -0.2) is 4.98 Å². The third-order valence-electron chi connectivity index (χ3n) is 3.62. The fraction of sp³-hybridized carbons (Fsp3) is 0.0714. The predicted molar refractivity (Wildman–Crippen MR) is 67.5 cm³/mol. The molecule has 0 unspecified atom stereocenters. The van der Waals surface area contributed by atoms with Crippen molar-refractivity contribution in [2.75, 3.05) is 0 Å². The van der Waals surface area contributed by atoms with E-state index in [9.17, 15) is 0 Å². The highest BCUT2D eigenvalue weighted by Gasteiger charge is 2.33. The van der Waals surface area contributed by atoms with Gasteiger partial charge >= 0.3 is 5.65 Å². The van der Waals surface area contributed by atoms with Gasteiger partial charge in [0.25, 0.3) is 5.89 Å². The van der Waals surface area contributed by atoms with Crippen LogP contribution in [0.1, 0.15) is 5.69 Å². The number of fused-ring (bicyclic) bond motifs is 7. The molecule has 19 heavy (non-hydrogen) atoms. The molecule has 5 nitrogen and oxygen atoms in total. The summed E-state index contributed by atoms with van der Waals surface area (Å²) in [4.78, 5) is 8.75. The summed E-state index contributed by atoms with van der Waals surface area (Å²) >= 11 is 0. The van der Waals surface area contributed by atoms with Crippen LogP contribution in [-0.2, 0) is 6.54 Å². The molecule has 0 N–H and O–H groups in total. The first-order valence-electron chi connectivity index (χ1n) is 6.14. The Labute approximate surface area is 107 Å². The van der Waals surface area contributed by atoms with Gasteiger partial charge in [-0.3, -0.25) is 4.98 Å². The molecule has 0 bridgehead atoms. The van der Waals surface area contributed by atoms with E-state index in [4.69, 9.17) is 4.42 Å². The topological polar surface area (TPSA) is 47.2 Å². The summed E-state index contributed by atoms with van der Waals surface area (Å²) in [5.74, 6) is 0.881. The van der Waals surface area contributed by atoms with E-state index in [1.807, 2.05) is 35.0 Å². The van der Waals surface area contributed by atoms with Crippen molar-refractivity contribution < 1.29 is 8.98 Å². The van der Waals surface area contributed by atoms with E-state index in [-0.39, 0.29) is 0 Å². The SMILES string of the molecule is c1cnc2c(c1)-c1oc3cc4ncccn4c3[n+]1C2. The molecule has 0 amide bonds. The van der Waals surface area contributed by atoms with Gasteiger partial charge < -0.3 is 4.42 Å². The molecule has 0 spiro atoms. The minimum atomic E-state index is 0.750. The molecule has 1 aliphatic heterocycles. The van der Waals surface area contributed by atoms with Crippen molar-refractivity contribution in [1.82, 2.24) is 14.4 Å². The van der Waals surface area contributed by atoms with E-state index in [2.05, 4.69) is 20.6 Å². The highest BCUT2D eigenvalue weighted by molar-refractivity contribution is 5.77. The van der Waals surface area contributed by atoms with Gasteiger partial charge in [0.1, 0.15) is 6.54 Å². The van der Waals surface area contributed by atoms with E-state index in [1.54, 1.807) is 6.20 Å². The number of pyridine rings is 1. The Morgan fingerprint density at radius 2 is 2.16 bits per heavy atom. The van der Waals surface area contributed by atoms with Crippen LogP contribution in [0.3, 0.4) is 0 Å². The Hall–Kier alpha value is -2.69. The van der Waals surface area contributed by atoms with Crippen molar-refractivity contribution in [2.45, 2.75) is 6.54 Å². The first-order chi connectivity index (χ1) is 9.42. The molecule has 4 aromatic heterocycles. The van der Waals surface area contributed by atoms with Crippen molar-refractivity contribution in [2.24, 2.45) is 0 Å². The van der Waals surface area contributed by atoms with Crippen LogP contribution >= 0.6 is 0 Å². The van der Waals surface area contributed by atoms with E-state index < -0.39 is 0 Å². The van der Waals surface area contributed by atoms with Gasteiger partial charge in [-0.05, 0) is 18.2 Å². The lowest BCUT2D eigenvalue weighted by Crippen LogP contribution is -2.31. The fourth-order valence-corrected chi connectivity index (χ4v) is 2.82. The Bertz CT molecular complexity index is 951. The number of aromatic nitrogens is 4. The maximum absolute atomic E-state index is 5.98. The first kappa shape index (κ1) is 9.27. The largest absolute Gasteiger partial charge is 0.413 e. The van der Waals surface area contributed by atoms with Crippen LogP contribution in [0.15, 0.2) is 47.3 Å². The minimum Gasteiger partial charge on any atom is -0.413 e. The molecule has 5 rings (SSSR count). The number of hydrogen-bond donors (Lipinski definition) is 0. The molecule has 0 aromatic carbocycles. The van der Waals surface area contributed by atoms with Crippen molar-refractivity contribution in [1.29, 1.82) is 0 Å². The summed E-state index contributed by atoms with van der Waals surface area (Å²) in [5, 5.41) is 0. The van der Waals surface area contributed by atoms with E-state index in [1.165, 1.54) is 0 Å². The highest BCUT2D eigenvalue weighted by Crippen LogP contribution is 2.30. The number of nitrogens with zero attached hydrogens (tertiary/aromatic N) is 4. The summed E-state index contributed by atoms with van der Waals surface area (Å²) in [5.41, 5.74) is 4.94. The van der Waals surface area contributed by atoms with Crippen LogP contribution in [0.5, 0.6) is 0 Å². The smallest absolute Gasteiger partial charge is 0.335 e. The molecule has 0 saturated carbocycles. The average molecular weight is 249 g/mol. The van der Waals surface area contributed by atoms with Crippen LogP contribution in [0.25, 0.3) is 28.3 Å². The minimum absolute atomic E-state index is 0.750. The summed E-state index contributed by atoms with van der Waals surface area (Å²) in [6.07, 6.45) is 5.61. The van der Waals surface area contributed by atoms with Crippen molar-refractivity contribution in [3.8, 4) is 11.5 Å². The zero-order valence-corrected chi connectivity index (χ0v) is 9.95. The van der Waals surface area contributed by atoms with E-state index in [0.29, 0.717) is 0 Å². The monoisotopic (exact) mass is 249 g/mol.